The van der Waals surface area contributed by atoms with Gasteiger partial charge in [-0.05, 0) is 74.3 Å². The summed E-state index contributed by atoms with van der Waals surface area (Å²) in [5.74, 6) is -0.926. The van der Waals surface area contributed by atoms with Gasteiger partial charge in [-0.25, -0.2) is 4.79 Å². The first-order chi connectivity index (χ1) is 23.8. The Morgan fingerprint density at radius 2 is 1.46 bits per heavy atom. The number of nitrogens with zero attached hydrogens (tertiary/aromatic N) is 1. The number of carbonyl (C=O) groups excluding carboxylic acids is 5. The number of likely N-dealkylation sites (tertiary alicyclic amines) is 1. The number of hydrogen-bond acceptors (Lipinski definition) is 7. The van der Waals surface area contributed by atoms with Crippen molar-refractivity contribution in [2.75, 3.05) is 32.1 Å². The number of amides is 5. The summed E-state index contributed by atoms with van der Waals surface area (Å²) in [6, 6.07) is 13.2. The lowest BCUT2D eigenvalue weighted by Crippen LogP contribution is -2.59. The number of nitrogens with one attached hydrogen (secondary N) is 4. The van der Waals surface area contributed by atoms with Crippen LogP contribution in [0.4, 0.5) is 10.5 Å². The summed E-state index contributed by atoms with van der Waals surface area (Å²) >= 11 is 0. The van der Waals surface area contributed by atoms with Crippen LogP contribution in [0, 0.1) is 17.8 Å². The molecule has 4 N–H and O–H groups in total. The predicted molar refractivity (Wildman–Crippen MR) is 191 cm³/mol. The van der Waals surface area contributed by atoms with Gasteiger partial charge < -0.3 is 35.6 Å². The molecule has 4 rings (SSSR count). The van der Waals surface area contributed by atoms with Gasteiger partial charge in [-0.1, -0.05) is 58.0 Å². The van der Waals surface area contributed by atoms with Crippen molar-refractivity contribution in [2.45, 2.75) is 90.4 Å². The number of methoxy groups -OCH3 is 1. The third kappa shape index (κ3) is 11.0. The highest BCUT2D eigenvalue weighted by molar-refractivity contribution is 5.98. The molecule has 2 aliphatic rings. The molecule has 2 aromatic carbocycles. The number of ether oxygens (including phenoxy) is 2. The number of epoxide rings is 1. The Bertz CT molecular complexity index is 1480. The number of piperidine rings is 1. The molecule has 5 amide bonds. The molecule has 0 aromatic heterocycles. The quantitative estimate of drug-likeness (QED) is 0.193. The first-order valence-electron chi connectivity index (χ1n) is 17.6. The molecule has 0 radical (unpaired) electrons. The highest BCUT2D eigenvalue weighted by Crippen LogP contribution is 2.30. The molecule has 0 bridgehead atoms. The fraction of sp³-hybridized carbons (Fsp3) is 0.553. The molecular formula is C38H53N5O7. The second kappa shape index (κ2) is 17.5. The number of anilines is 1. The number of ketones is 1. The number of urea groups is 1. The topological polar surface area (TPSA) is 158 Å². The van der Waals surface area contributed by atoms with E-state index in [1.54, 1.807) is 43.2 Å². The van der Waals surface area contributed by atoms with Crippen molar-refractivity contribution in [3.05, 3.63) is 60.2 Å². The van der Waals surface area contributed by atoms with E-state index in [0.29, 0.717) is 50.3 Å². The van der Waals surface area contributed by atoms with Crippen LogP contribution in [0.1, 0.15) is 65.9 Å². The van der Waals surface area contributed by atoms with E-state index in [1.165, 1.54) is 0 Å². The second-order valence-corrected chi connectivity index (χ2v) is 14.5. The molecule has 0 saturated carbocycles. The first kappa shape index (κ1) is 38.4. The average molecular weight is 692 g/mol. The van der Waals surface area contributed by atoms with Crippen molar-refractivity contribution in [2.24, 2.45) is 17.8 Å². The van der Waals surface area contributed by atoms with Crippen LogP contribution in [-0.2, 0) is 30.3 Å². The van der Waals surface area contributed by atoms with Gasteiger partial charge >= 0.3 is 6.03 Å². The zero-order valence-corrected chi connectivity index (χ0v) is 30.1. The van der Waals surface area contributed by atoms with E-state index in [-0.39, 0.29) is 36.5 Å². The average Bonchev–Trinajstić information content (AvgIpc) is 3.85. The molecule has 0 aliphatic carbocycles. The van der Waals surface area contributed by atoms with E-state index in [4.69, 9.17) is 9.47 Å². The predicted octanol–water partition coefficient (Wildman–Crippen LogP) is 4.09. The van der Waals surface area contributed by atoms with Crippen LogP contribution in [0.15, 0.2) is 54.6 Å². The molecule has 0 spiro atoms. The van der Waals surface area contributed by atoms with Crippen LogP contribution < -0.4 is 26.0 Å². The molecule has 2 aliphatic heterocycles. The molecule has 12 heteroatoms. The van der Waals surface area contributed by atoms with Crippen LogP contribution in [0.2, 0.25) is 0 Å². The van der Waals surface area contributed by atoms with Gasteiger partial charge in [-0.2, -0.15) is 0 Å². The van der Waals surface area contributed by atoms with Crippen LogP contribution in [0.3, 0.4) is 0 Å². The zero-order chi connectivity index (χ0) is 36.4. The van der Waals surface area contributed by atoms with E-state index in [1.807, 2.05) is 58.0 Å². The zero-order valence-electron chi connectivity index (χ0n) is 30.1. The lowest BCUT2D eigenvalue weighted by Gasteiger charge is -2.33. The third-order valence-electron chi connectivity index (χ3n) is 9.11. The SMILES string of the molecule is COc1ccc(NC(=O)C2CCCN(C(=O)NC(CC(C)C)C(=O)NC(Cc3ccccc3)C(=O)NC(CC(C)C)C(=O)C3(C)CO3)C2)cc1. The summed E-state index contributed by atoms with van der Waals surface area (Å²) in [4.78, 5) is 69.3. The van der Waals surface area contributed by atoms with Gasteiger partial charge in [0.15, 0.2) is 5.78 Å². The van der Waals surface area contributed by atoms with Crippen molar-refractivity contribution < 1.29 is 33.4 Å². The maximum atomic E-state index is 13.9. The van der Waals surface area contributed by atoms with Crippen LogP contribution in [-0.4, -0.2) is 85.0 Å². The smallest absolute Gasteiger partial charge is 0.318 e. The highest BCUT2D eigenvalue weighted by atomic mass is 16.6. The number of benzene rings is 2. The number of hydrogen-bond donors (Lipinski definition) is 4. The molecular weight excluding hydrogens is 638 g/mol. The molecule has 272 valence electrons. The minimum absolute atomic E-state index is 0.0455. The normalized spacial score (nSPS) is 20.3. The lowest BCUT2D eigenvalue weighted by atomic mass is 9.93. The first-order valence-corrected chi connectivity index (χ1v) is 17.6. The van der Waals surface area contributed by atoms with Gasteiger partial charge in [0.2, 0.25) is 17.7 Å². The Balaban J connectivity index is 1.44. The summed E-state index contributed by atoms with van der Waals surface area (Å²) in [6.45, 7) is 10.5. The molecule has 5 unspecified atom stereocenters. The summed E-state index contributed by atoms with van der Waals surface area (Å²) in [5, 5.41) is 11.6. The number of Topliss-reactive ketones (excluding diaryl/α,β-unsaturated/α-hetero) is 1. The summed E-state index contributed by atoms with van der Waals surface area (Å²) < 4.78 is 10.6. The Labute approximate surface area is 295 Å². The molecule has 2 saturated heterocycles. The van der Waals surface area contributed by atoms with E-state index in [0.717, 1.165) is 5.56 Å². The fourth-order valence-corrected chi connectivity index (χ4v) is 6.16. The monoisotopic (exact) mass is 691 g/mol. The van der Waals surface area contributed by atoms with Gasteiger partial charge in [0.25, 0.3) is 0 Å². The Hall–Kier alpha value is -4.45. The van der Waals surface area contributed by atoms with E-state index >= 15 is 0 Å². The van der Waals surface area contributed by atoms with E-state index in [9.17, 15) is 24.0 Å². The van der Waals surface area contributed by atoms with Crippen molar-refractivity contribution in [3.8, 4) is 5.75 Å². The summed E-state index contributed by atoms with van der Waals surface area (Å²) in [7, 11) is 1.57. The summed E-state index contributed by atoms with van der Waals surface area (Å²) in [6.07, 6.45) is 2.21. The standard InChI is InChI=1S/C38H53N5O7/c1-24(2)19-30(33(44)38(5)23-50-38)40-36(47)32(21-26-11-8-7-9-12-26)41-35(46)31(20-25(3)4)42-37(48)43-18-10-13-27(22-43)34(45)39-28-14-16-29(49-6)17-15-28/h7-9,11-12,14-17,24-25,27,30-32H,10,13,18-23H2,1-6H3,(H,39,45)(H,40,47)(H,41,46)(H,42,48). The van der Waals surface area contributed by atoms with Crippen molar-refractivity contribution in [3.63, 3.8) is 0 Å². The largest absolute Gasteiger partial charge is 0.497 e. The van der Waals surface area contributed by atoms with Crippen molar-refractivity contribution >= 4 is 35.2 Å². The Morgan fingerprint density at radius 3 is 2.06 bits per heavy atom. The van der Waals surface area contributed by atoms with Gasteiger partial charge in [-0.15, -0.1) is 0 Å². The highest BCUT2D eigenvalue weighted by Gasteiger charge is 2.50. The van der Waals surface area contributed by atoms with Crippen molar-refractivity contribution in [1.82, 2.24) is 20.9 Å². The van der Waals surface area contributed by atoms with Gasteiger partial charge in [0, 0.05) is 25.2 Å². The van der Waals surface area contributed by atoms with E-state index in [2.05, 4.69) is 21.3 Å². The maximum absolute atomic E-state index is 13.9. The number of carbonyl (C=O) groups is 5. The molecule has 5 atom stereocenters. The van der Waals surface area contributed by atoms with Gasteiger partial charge in [0.05, 0.1) is 25.7 Å². The van der Waals surface area contributed by atoms with Crippen molar-refractivity contribution in [1.29, 1.82) is 0 Å². The Kier molecular flexibility index (Phi) is 13.4. The minimum atomic E-state index is -1.01. The fourth-order valence-electron chi connectivity index (χ4n) is 6.16. The van der Waals surface area contributed by atoms with E-state index < -0.39 is 47.5 Å². The second-order valence-electron chi connectivity index (χ2n) is 14.5. The van der Waals surface area contributed by atoms with Crippen LogP contribution in [0.5, 0.6) is 5.75 Å². The third-order valence-corrected chi connectivity index (χ3v) is 9.11. The lowest BCUT2D eigenvalue weighted by molar-refractivity contribution is -0.133. The van der Waals surface area contributed by atoms with Crippen LogP contribution in [0.25, 0.3) is 0 Å². The maximum Gasteiger partial charge on any atom is 0.318 e. The molecule has 2 heterocycles. The Morgan fingerprint density at radius 1 is 0.860 bits per heavy atom. The molecule has 2 aromatic rings. The molecule has 50 heavy (non-hydrogen) atoms. The molecule has 12 nitrogen and oxygen atoms in total. The van der Waals surface area contributed by atoms with Crippen LogP contribution >= 0.6 is 0 Å². The number of rotatable bonds is 16. The summed E-state index contributed by atoms with van der Waals surface area (Å²) in [5.41, 5.74) is 0.547. The molecule has 2 fully saturated rings. The van der Waals surface area contributed by atoms with Gasteiger partial charge in [0.1, 0.15) is 23.4 Å². The minimum Gasteiger partial charge on any atom is -0.497 e. The van der Waals surface area contributed by atoms with Gasteiger partial charge in [-0.3, -0.25) is 19.2 Å².